The van der Waals surface area contributed by atoms with Gasteiger partial charge in [-0.25, -0.2) is 0 Å². The fourth-order valence-corrected chi connectivity index (χ4v) is 4.81. The highest BCUT2D eigenvalue weighted by atomic mass is 35.5. The summed E-state index contributed by atoms with van der Waals surface area (Å²) in [6.07, 6.45) is 8.26. The van der Waals surface area contributed by atoms with Crippen molar-refractivity contribution < 1.29 is 4.57 Å². The fourth-order valence-electron chi connectivity index (χ4n) is 3.56. The van der Waals surface area contributed by atoms with Crippen LogP contribution in [0.3, 0.4) is 0 Å². The van der Waals surface area contributed by atoms with Gasteiger partial charge < -0.3 is 4.90 Å². The van der Waals surface area contributed by atoms with E-state index in [4.69, 9.17) is 11.6 Å². The largest absolute Gasteiger partial charge is 0.338 e. The average Bonchev–Trinajstić information content (AvgIpc) is 2.99. The van der Waals surface area contributed by atoms with E-state index in [2.05, 4.69) is 72.1 Å². The van der Waals surface area contributed by atoms with Crippen LogP contribution in [0.15, 0.2) is 64.7 Å². The van der Waals surface area contributed by atoms with E-state index in [9.17, 15) is 0 Å². The van der Waals surface area contributed by atoms with Gasteiger partial charge in [-0.1, -0.05) is 48.8 Å². The molecule has 4 heteroatoms. The molecule has 0 unspecified atom stereocenters. The predicted octanol–water partition coefficient (Wildman–Crippen LogP) is 6.51. The first kappa shape index (κ1) is 18.4. The number of thioether (sulfide) groups is 1. The van der Waals surface area contributed by atoms with Gasteiger partial charge in [-0.15, -0.1) is 0 Å². The van der Waals surface area contributed by atoms with Crippen LogP contribution >= 0.6 is 23.4 Å². The highest BCUT2D eigenvalue weighted by molar-refractivity contribution is 8.03. The van der Waals surface area contributed by atoms with E-state index in [1.807, 2.05) is 12.1 Å². The number of unbranched alkanes of at least 4 members (excludes halogenated alkanes) is 2. The molecule has 0 saturated heterocycles. The number of rotatable bonds is 5. The zero-order valence-corrected chi connectivity index (χ0v) is 17.4. The molecule has 0 aliphatic carbocycles. The van der Waals surface area contributed by atoms with Crippen molar-refractivity contribution in [2.75, 3.05) is 11.9 Å². The third-order valence-electron chi connectivity index (χ3n) is 5.07. The molecule has 1 aliphatic rings. The third-order valence-corrected chi connectivity index (χ3v) is 6.47. The number of anilines is 1. The van der Waals surface area contributed by atoms with Gasteiger partial charge in [0.2, 0.25) is 5.52 Å². The summed E-state index contributed by atoms with van der Waals surface area (Å²) >= 11 is 7.99. The van der Waals surface area contributed by atoms with Gasteiger partial charge in [0, 0.05) is 35.5 Å². The van der Waals surface area contributed by atoms with E-state index in [0.29, 0.717) is 0 Å². The normalized spacial score (nSPS) is 14.9. The lowest BCUT2D eigenvalue weighted by Gasteiger charge is -2.14. The van der Waals surface area contributed by atoms with Gasteiger partial charge in [-0.05, 0) is 42.3 Å². The van der Waals surface area contributed by atoms with Crippen molar-refractivity contribution in [3.8, 4) is 0 Å². The smallest absolute Gasteiger partial charge is 0.213 e. The van der Waals surface area contributed by atoms with Crippen molar-refractivity contribution in [2.24, 2.45) is 0 Å². The zero-order valence-electron chi connectivity index (χ0n) is 15.8. The second-order valence-electron chi connectivity index (χ2n) is 6.94. The number of para-hydroxylation sites is 1. The van der Waals surface area contributed by atoms with Gasteiger partial charge in [0.25, 0.3) is 0 Å². The monoisotopic (exact) mass is 395 g/mol. The Bertz CT molecular complexity index is 1010. The maximum atomic E-state index is 6.19. The molecule has 2 nitrogen and oxygen atoms in total. The summed E-state index contributed by atoms with van der Waals surface area (Å²) in [5.41, 5.74) is 3.73. The van der Waals surface area contributed by atoms with Crippen LogP contribution < -0.4 is 9.47 Å². The zero-order chi connectivity index (χ0) is 18.8. The van der Waals surface area contributed by atoms with Crippen LogP contribution in [-0.4, -0.2) is 7.05 Å². The molecule has 138 valence electrons. The lowest BCUT2D eigenvalue weighted by atomic mass is 10.1. The summed E-state index contributed by atoms with van der Waals surface area (Å²) in [6, 6.07) is 17.0. The van der Waals surface area contributed by atoms with E-state index in [1.54, 1.807) is 11.8 Å². The fraction of sp³-hybridized carbons (Fsp3) is 0.261. The van der Waals surface area contributed by atoms with Crippen LogP contribution in [0.5, 0.6) is 0 Å². The standard InChI is InChI=1S/C23H24ClN2S/c1-3-4-7-13-26-14-12-17(19-8-5-6-9-20(19)26)15-23-25(2)21-16-18(24)10-11-22(21)27-23/h5-6,8-12,14-16H,3-4,7,13H2,1-2H3/q+1. The van der Waals surface area contributed by atoms with Crippen LogP contribution in [0.1, 0.15) is 31.7 Å². The van der Waals surface area contributed by atoms with E-state index in [0.717, 1.165) is 11.6 Å². The Labute approximate surface area is 170 Å². The minimum absolute atomic E-state index is 0.778. The van der Waals surface area contributed by atoms with Crippen molar-refractivity contribution in [1.29, 1.82) is 0 Å². The number of hydrogen-bond donors (Lipinski definition) is 0. The minimum Gasteiger partial charge on any atom is -0.338 e. The van der Waals surface area contributed by atoms with E-state index >= 15 is 0 Å². The molecular formula is C23H24ClN2S+. The van der Waals surface area contributed by atoms with Gasteiger partial charge in [0.15, 0.2) is 6.20 Å². The molecule has 0 bridgehead atoms. The van der Waals surface area contributed by atoms with E-state index in [-0.39, 0.29) is 0 Å². The Morgan fingerprint density at radius 1 is 1.11 bits per heavy atom. The molecule has 0 amide bonds. The molecule has 0 radical (unpaired) electrons. The SMILES string of the molecule is CCCCC[n+]1ccc(/C=C2/Sc3ccc(Cl)cc3N2C)c2ccccc21. The predicted molar refractivity (Wildman–Crippen MR) is 117 cm³/mol. The Kier molecular flexibility index (Phi) is 5.42. The molecule has 0 fully saturated rings. The van der Waals surface area contributed by atoms with Gasteiger partial charge in [0.05, 0.1) is 16.1 Å². The number of benzene rings is 2. The molecule has 2 heterocycles. The summed E-state index contributed by atoms with van der Waals surface area (Å²) in [7, 11) is 2.11. The van der Waals surface area contributed by atoms with Crippen molar-refractivity contribution in [2.45, 2.75) is 37.6 Å². The number of aryl methyl sites for hydroxylation is 1. The van der Waals surface area contributed by atoms with Gasteiger partial charge in [-0.3, -0.25) is 0 Å². The minimum atomic E-state index is 0.778. The highest BCUT2D eigenvalue weighted by Gasteiger charge is 2.23. The molecular weight excluding hydrogens is 372 g/mol. The van der Waals surface area contributed by atoms with Gasteiger partial charge in [-0.2, -0.15) is 4.57 Å². The Hall–Kier alpha value is -1.97. The summed E-state index contributed by atoms with van der Waals surface area (Å²) in [4.78, 5) is 3.48. The molecule has 1 aromatic heterocycles. The first-order valence-electron chi connectivity index (χ1n) is 9.51. The Morgan fingerprint density at radius 3 is 2.81 bits per heavy atom. The second kappa shape index (κ2) is 7.95. The van der Waals surface area contributed by atoms with Crippen molar-refractivity contribution >= 4 is 46.0 Å². The lowest BCUT2D eigenvalue weighted by molar-refractivity contribution is -0.671. The number of hydrogen-bond acceptors (Lipinski definition) is 2. The van der Waals surface area contributed by atoms with Crippen LogP contribution in [0.25, 0.3) is 17.0 Å². The average molecular weight is 396 g/mol. The molecule has 0 saturated carbocycles. The van der Waals surface area contributed by atoms with E-state index in [1.165, 1.54) is 51.3 Å². The topological polar surface area (TPSA) is 7.12 Å². The molecule has 1 aliphatic heterocycles. The first-order chi connectivity index (χ1) is 13.2. The van der Waals surface area contributed by atoms with Crippen LogP contribution in [0.4, 0.5) is 5.69 Å². The van der Waals surface area contributed by atoms with Gasteiger partial charge >= 0.3 is 0 Å². The van der Waals surface area contributed by atoms with E-state index < -0.39 is 0 Å². The summed E-state index contributed by atoms with van der Waals surface area (Å²) in [5, 5.41) is 3.30. The van der Waals surface area contributed by atoms with Crippen molar-refractivity contribution in [3.63, 3.8) is 0 Å². The second-order valence-corrected chi connectivity index (χ2v) is 8.44. The Morgan fingerprint density at radius 2 is 1.96 bits per heavy atom. The molecule has 0 N–H and O–H groups in total. The molecule has 27 heavy (non-hydrogen) atoms. The number of fused-ring (bicyclic) bond motifs is 2. The van der Waals surface area contributed by atoms with Crippen LogP contribution in [0.2, 0.25) is 5.02 Å². The van der Waals surface area contributed by atoms with Gasteiger partial charge in [0.1, 0.15) is 6.54 Å². The molecule has 3 aromatic rings. The van der Waals surface area contributed by atoms with Crippen LogP contribution in [-0.2, 0) is 6.54 Å². The summed E-state index contributed by atoms with van der Waals surface area (Å²) < 4.78 is 2.38. The number of nitrogens with zero attached hydrogens (tertiary/aromatic N) is 2. The van der Waals surface area contributed by atoms with Crippen LogP contribution in [0, 0.1) is 0 Å². The number of aromatic nitrogens is 1. The molecule has 2 aromatic carbocycles. The number of pyridine rings is 1. The maximum Gasteiger partial charge on any atom is 0.213 e. The number of halogens is 1. The quantitative estimate of drug-likeness (QED) is 0.359. The molecule has 0 spiro atoms. The molecule has 4 rings (SSSR count). The highest BCUT2D eigenvalue weighted by Crippen LogP contribution is 2.46. The third kappa shape index (κ3) is 3.71. The van der Waals surface area contributed by atoms with Crippen molar-refractivity contribution in [3.05, 3.63) is 70.3 Å². The summed E-state index contributed by atoms with van der Waals surface area (Å²) in [5.74, 6) is 0. The Balaban J connectivity index is 1.71. The van der Waals surface area contributed by atoms with Crippen molar-refractivity contribution in [1.82, 2.24) is 0 Å². The maximum absolute atomic E-state index is 6.19. The lowest BCUT2D eigenvalue weighted by Crippen LogP contribution is -2.34. The first-order valence-corrected chi connectivity index (χ1v) is 10.7. The summed E-state index contributed by atoms with van der Waals surface area (Å²) in [6.45, 7) is 3.32. The molecule has 0 atom stereocenters.